The molecule has 18 heavy (non-hydrogen) atoms. The van der Waals surface area contributed by atoms with Gasteiger partial charge < -0.3 is 5.11 Å². The number of halogens is 6. The second-order valence-electron chi connectivity index (χ2n) is 3.40. The Kier molecular flexibility index (Phi) is 3.32. The highest BCUT2D eigenvalue weighted by Crippen LogP contribution is 2.49. The fraction of sp³-hybridized carbons (Fsp3) is 0.300. The zero-order chi connectivity index (χ0) is 14.2. The van der Waals surface area contributed by atoms with Crippen LogP contribution in [0.1, 0.15) is 11.1 Å². The van der Waals surface area contributed by atoms with Gasteiger partial charge >= 0.3 is 12.4 Å². The van der Waals surface area contributed by atoms with Crippen LogP contribution in [-0.2, 0) is 5.60 Å². The van der Waals surface area contributed by atoms with Gasteiger partial charge in [0.2, 0.25) is 0 Å². The SMILES string of the molecule is N#Cc1ccc(C(O)(C(F)(F)F)C(F)(F)F)cc1. The van der Waals surface area contributed by atoms with E-state index in [4.69, 9.17) is 10.4 Å². The molecule has 0 aliphatic carbocycles. The maximum absolute atomic E-state index is 12.4. The Morgan fingerprint density at radius 3 is 1.56 bits per heavy atom. The van der Waals surface area contributed by atoms with Crippen LogP contribution < -0.4 is 0 Å². The van der Waals surface area contributed by atoms with E-state index in [-0.39, 0.29) is 5.56 Å². The minimum absolute atomic E-state index is 0.120. The van der Waals surface area contributed by atoms with Crippen LogP contribution in [0.4, 0.5) is 26.3 Å². The Morgan fingerprint density at radius 2 is 1.28 bits per heavy atom. The highest BCUT2D eigenvalue weighted by atomic mass is 19.4. The van der Waals surface area contributed by atoms with E-state index in [0.717, 1.165) is 12.1 Å². The zero-order valence-electron chi connectivity index (χ0n) is 8.47. The van der Waals surface area contributed by atoms with E-state index < -0.39 is 23.5 Å². The van der Waals surface area contributed by atoms with E-state index in [9.17, 15) is 26.3 Å². The molecule has 1 aromatic carbocycles. The highest BCUT2D eigenvalue weighted by Gasteiger charge is 2.71. The number of nitriles is 1. The van der Waals surface area contributed by atoms with Crippen LogP contribution in [0.25, 0.3) is 0 Å². The summed E-state index contributed by atoms with van der Waals surface area (Å²) in [5, 5.41) is 17.4. The topological polar surface area (TPSA) is 44.0 Å². The quantitative estimate of drug-likeness (QED) is 0.797. The number of hydrogen-bond acceptors (Lipinski definition) is 2. The van der Waals surface area contributed by atoms with Crippen molar-refractivity contribution in [1.29, 1.82) is 5.26 Å². The van der Waals surface area contributed by atoms with Gasteiger partial charge in [0.25, 0.3) is 5.60 Å². The maximum atomic E-state index is 12.4. The third-order valence-corrected chi connectivity index (χ3v) is 2.25. The second kappa shape index (κ2) is 4.17. The minimum Gasteiger partial charge on any atom is -0.369 e. The lowest BCUT2D eigenvalue weighted by Crippen LogP contribution is -2.53. The van der Waals surface area contributed by atoms with Crippen molar-refractivity contribution in [3.8, 4) is 6.07 Å². The highest BCUT2D eigenvalue weighted by molar-refractivity contribution is 5.35. The molecule has 2 nitrogen and oxygen atoms in total. The van der Waals surface area contributed by atoms with Crippen molar-refractivity contribution in [1.82, 2.24) is 0 Å². The molecule has 8 heteroatoms. The van der Waals surface area contributed by atoms with Crippen LogP contribution in [0.2, 0.25) is 0 Å². The van der Waals surface area contributed by atoms with Crippen molar-refractivity contribution in [3.63, 3.8) is 0 Å². The molecule has 0 atom stereocenters. The van der Waals surface area contributed by atoms with Gasteiger partial charge in [-0.05, 0) is 12.1 Å². The van der Waals surface area contributed by atoms with Gasteiger partial charge in [0, 0.05) is 5.56 Å². The Bertz CT molecular complexity index is 453. The van der Waals surface area contributed by atoms with Crippen molar-refractivity contribution < 1.29 is 31.4 Å². The van der Waals surface area contributed by atoms with Gasteiger partial charge in [0.15, 0.2) is 0 Å². The smallest absolute Gasteiger partial charge is 0.369 e. The van der Waals surface area contributed by atoms with Crippen LogP contribution >= 0.6 is 0 Å². The molecule has 0 bridgehead atoms. The summed E-state index contributed by atoms with van der Waals surface area (Å²) in [6.07, 6.45) is -11.8. The third kappa shape index (κ3) is 2.13. The van der Waals surface area contributed by atoms with Crippen molar-refractivity contribution in [2.45, 2.75) is 18.0 Å². The molecule has 0 unspecified atom stereocenters. The van der Waals surface area contributed by atoms with E-state index in [1.807, 2.05) is 0 Å². The van der Waals surface area contributed by atoms with Crippen molar-refractivity contribution in [3.05, 3.63) is 35.4 Å². The van der Waals surface area contributed by atoms with Crippen molar-refractivity contribution in [2.24, 2.45) is 0 Å². The minimum atomic E-state index is -5.92. The van der Waals surface area contributed by atoms with Gasteiger partial charge in [-0.2, -0.15) is 31.6 Å². The summed E-state index contributed by atoms with van der Waals surface area (Å²) in [5.41, 5.74) is -6.46. The molecule has 0 aliphatic heterocycles. The molecule has 98 valence electrons. The van der Waals surface area contributed by atoms with E-state index in [1.165, 1.54) is 6.07 Å². The Balaban J connectivity index is 3.42. The van der Waals surface area contributed by atoms with Crippen LogP contribution in [-0.4, -0.2) is 17.5 Å². The molecule has 0 aromatic heterocycles. The summed E-state index contributed by atoms with van der Waals surface area (Å²) in [7, 11) is 0. The molecule has 0 heterocycles. The molecule has 0 saturated carbocycles. The lowest BCUT2D eigenvalue weighted by molar-refractivity contribution is -0.376. The standard InChI is InChI=1S/C10H5F6NO/c11-9(12,13)8(18,10(14,15)16)7-3-1-6(5-17)2-4-7/h1-4,18H. The first-order valence-corrected chi connectivity index (χ1v) is 4.40. The Morgan fingerprint density at radius 1 is 0.889 bits per heavy atom. The van der Waals surface area contributed by atoms with Gasteiger partial charge in [0.05, 0.1) is 11.6 Å². The van der Waals surface area contributed by atoms with Gasteiger partial charge in [-0.3, -0.25) is 0 Å². The first-order valence-electron chi connectivity index (χ1n) is 4.40. The molecule has 0 spiro atoms. The first kappa shape index (κ1) is 14.3. The lowest BCUT2D eigenvalue weighted by Gasteiger charge is -2.32. The van der Waals surface area contributed by atoms with Crippen LogP contribution in [0.15, 0.2) is 24.3 Å². The lowest BCUT2D eigenvalue weighted by atomic mass is 9.92. The molecule has 0 amide bonds. The van der Waals surface area contributed by atoms with E-state index >= 15 is 0 Å². The number of hydrogen-bond donors (Lipinski definition) is 1. The number of rotatable bonds is 1. The summed E-state index contributed by atoms with van der Waals surface area (Å²) >= 11 is 0. The third-order valence-electron chi connectivity index (χ3n) is 2.25. The number of aliphatic hydroxyl groups is 1. The summed E-state index contributed by atoms with van der Waals surface area (Å²) in [6, 6.07) is 3.89. The average Bonchev–Trinajstić information content (AvgIpc) is 2.25. The van der Waals surface area contributed by atoms with E-state index in [0.29, 0.717) is 12.1 Å². The predicted molar refractivity (Wildman–Crippen MR) is 47.2 cm³/mol. The number of alkyl halides is 6. The van der Waals surface area contributed by atoms with Crippen molar-refractivity contribution in [2.75, 3.05) is 0 Å². The van der Waals surface area contributed by atoms with Crippen LogP contribution in [0.3, 0.4) is 0 Å². The fourth-order valence-corrected chi connectivity index (χ4v) is 1.27. The second-order valence-corrected chi connectivity index (χ2v) is 3.40. The molecule has 1 N–H and O–H groups in total. The average molecular weight is 269 g/mol. The van der Waals surface area contributed by atoms with Crippen LogP contribution in [0, 0.1) is 11.3 Å². The van der Waals surface area contributed by atoms with Gasteiger partial charge in [-0.1, -0.05) is 12.1 Å². The van der Waals surface area contributed by atoms with Gasteiger partial charge in [0.1, 0.15) is 0 Å². The molecule has 1 rings (SSSR count). The fourth-order valence-electron chi connectivity index (χ4n) is 1.27. The summed E-state index contributed by atoms with van der Waals surface area (Å²) in [4.78, 5) is 0. The van der Waals surface area contributed by atoms with E-state index in [1.54, 1.807) is 0 Å². The van der Waals surface area contributed by atoms with Gasteiger partial charge in [-0.25, -0.2) is 0 Å². The molecule has 0 aliphatic rings. The summed E-state index contributed by atoms with van der Waals surface area (Å²) in [6.45, 7) is 0. The largest absolute Gasteiger partial charge is 0.430 e. The summed E-state index contributed by atoms with van der Waals surface area (Å²) < 4.78 is 74.6. The maximum Gasteiger partial charge on any atom is 0.430 e. The molecule has 1 aromatic rings. The monoisotopic (exact) mass is 269 g/mol. The Hall–Kier alpha value is -1.75. The molecular formula is C10H5F6NO. The normalized spacial score (nSPS) is 13.2. The molecule has 0 saturated heterocycles. The number of nitrogens with zero attached hydrogens (tertiary/aromatic N) is 1. The van der Waals surface area contributed by atoms with Crippen molar-refractivity contribution >= 4 is 0 Å². The summed E-state index contributed by atoms with van der Waals surface area (Å²) in [5.74, 6) is 0. The van der Waals surface area contributed by atoms with Gasteiger partial charge in [-0.15, -0.1) is 0 Å². The van der Waals surface area contributed by atoms with Crippen LogP contribution in [0.5, 0.6) is 0 Å². The Labute approximate surface area is 97.1 Å². The predicted octanol–water partition coefficient (Wildman–Crippen LogP) is 2.87. The first-order chi connectivity index (χ1) is 8.04. The molecular weight excluding hydrogens is 264 g/mol. The van der Waals surface area contributed by atoms with E-state index in [2.05, 4.69) is 0 Å². The molecule has 0 radical (unpaired) electrons. The molecule has 0 fully saturated rings. The number of benzene rings is 1. The zero-order valence-corrected chi connectivity index (χ0v) is 8.47.